The minimum atomic E-state index is 0. The maximum absolute atomic E-state index is 9.05. The quantitative estimate of drug-likeness (QED) is 0.364. The third-order valence-electron chi connectivity index (χ3n) is 0.0962. The zero-order chi connectivity index (χ0) is 3.41. The maximum atomic E-state index is 9.05. The summed E-state index contributed by atoms with van der Waals surface area (Å²) in [5.41, 5.74) is 4.66. The maximum Gasteiger partial charge on any atom is 0.133 e. The van der Waals surface area contributed by atoms with Crippen molar-refractivity contribution in [2.45, 2.75) is 0 Å². The summed E-state index contributed by atoms with van der Waals surface area (Å²) in [5.74, 6) is 0. The summed E-state index contributed by atoms with van der Waals surface area (Å²) >= 11 is 0. The van der Waals surface area contributed by atoms with Gasteiger partial charge in [0.1, 0.15) is 6.29 Å². The second-order valence-corrected chi connectivity index (χ2v) is 0.402. The van der Waals surface area contributed by atoms with Crippen molar-refractivity contribution in [2.24, 2.45) is 5.73 Å². The molecule has 0 spiro atoms. The summed E-state index contributed by atoms with van der Waals surface area (Å²) in [4.78, 5) is 9.05. The van der Waals surface area contributed by atoms with E-state index in [1.165, 1.54) is 0 Å². The summed E-state index contributed by atoms with van der Waals surface area (Å²) in [6.45, 7) is 0.139. The van der Waals surface area contributed by atoms with Crippen LogP contribution in [0.3, 0.4) is 0 Å². The summed E-state index contributed by atoms with van der Waals surface area (Å²) in [5, 5.41) is 0. The van der Waals surface area contributed by atoms with Gasteiger partial charge in [0.15, 0.2) is 0 Å². The molecule has 0 unspecified atom stereocenters. The van der Waals surface area contributed by atoms with Gasteiger partial charge in [-0.2, -0.15) is 0 Å². The van der Waals surface area contributed by atoms with Crippen molar-refractivity contribution >= 4 is 6.29 Å². The Morgan fingerprint density at radius 3 is 2.00 bits per heavy atom. The normalized spacial score (nSPS) is 5.00. The molecule has 0 aliphatic carbocycles. The van der Waals surface area contributed by atoms with Crippen molar-refractivity contribution in [3.05, 3.63) is 0 Å². The Morgan fingerprint density at radius 1 is 1.80 bits per heavy atom. The number of carbonyl (C=O) groups excluding carboxylic acids is 1. The van der Waals surface area contributed by atoms with Gasteiger partial charge in [0.05, 0.1) is 0 Å². The summed E-state index contributed by atoms with van der Waals surface area (Å²) < 4.78 is 0. The Balaban J connectivity index is 0. The SMILES string of the molecule is NCC=O.[Cu]. The average molecular weight is 123 g/mol. The van der Waals surface area contributed by atoms with Gasteiger partial charge in [0.25, 0.3) is 0 Å². The molecule has 1 radical (unpaired) electrons. The Kier molecular flexibility index (Phi) is 15.9. The van der Waals surface area contributed by atoms with E-state index in [1.807, 2.05) is 0 Å². The van der Waals surface area contributed by atoms with Crippen molar-refractivity contribution in [1.82, 2.24) is 0 Å². The molecule has 0 rings (SSSR count). The molecular weight excluding hydrogens is 118 g/mol. The van der Waals surface area contributed by atoms with Crippen molar-refractivity contribution in [3.8, 4) is 0 Å². The van der Waals surface area contributed by atoms with E-state index in [2.05, 4.69) is 5.73 Å². The number of rotatable bonds is 1. The molecule has 0 aromatic carbocycles. The molecule has 35 valence electrons. The van der Waals surface area contributed by atoms with Crippen LogP contribution in [0, 0.1) is 0 Å². The minimum absolute atomic E-state index is 0. The van der Waals surface area contributed by atoms with Crippen LogP contribution in [0.1, 0.15) is 0 Å². The fourth-order valence-corrected chi connectivity index (χ4v) is 0. The van der Waals surface area contributed by atoms with E-state index in [1.54, 1.807) is 0 Å². The third-order valence-corrected chi connectivity index (χ3v) is 0.0962. The molecule has 0 aliphatic rings. The van der Waals surface area contributed by atoms with E-state index in [4.69, 9.17) is 4.79 Å². The van der Waals surface area contributed by atoms with Crippen molar-refractivity contribution < 1.29 is 21.9 Å². The van der Waals surface area contributed by atoms with Crippen LogP contribution >= 0.6 is 0 Å². The first-order chi connectivity index (χ1) is 1.91. The zero-order valence-electron chi connectivity index (χ0n) is 2.57. The molecule has 0 aromatic rings. The van der Waals surface area contributed by atoms with E-state index >= 15 is 0 Å². The van der Waals surface area contributed by atoms with E-state index in [0.29, 0.717) is 6.29 Å². The molecular formula is C2H5CuNO. The Hall–Kier alpha value is 0.149. The molecule has 0 bridgehead atoms. The van der Waals surface area contributed by atoms with Crippen LogP contribution in [-0.2, 0) is 21.9 Å². The Labute approximate surface area is 41.2 Å². The first-order valence-corrected chi connectivity index (χ1v) is 1.05. The van der Waals surface area contributed by atoms with Crippen LogP contribution in [0.5, 0.6) is 0 Å². The number of carbonyl (C=O) groups is 1. The van der Waals surface area contributed by atoms with Crippen LogP contribution in [0.4, 0.5) is 0 Å². The number of aldehydes is 1. The van der Waals surface area contributed by atoms with Gasteiger partial charge in [-0.15, -0.1) is 0 Å². The number of nitrogens with two attached hydrogens (primary N) is 1. The Morgan fingerprint density at radius 2 is 2.00 bits per heavy atom. The van der Waals surface area contributed by atoms with E-state index in [0.717, 1.165) is 0 Å². The first kappa shape index (κ1) is 8.94. The van der Waals surface area contributed by atoms with Gasteiger partial charge in [-0.25, -0.2) is 0 Å². The molecule has 0 aliphatic heterocycles. The van der Waals surface area contributed by atoms with Gasteiger partial charge in [0, 0.05) is 23.6 Å². The van der Waals surface area contributed by atoms with Gasteiger partial charge < -0.3 is 10.5 Å². The summed E-state index contributed by atoms with van der Waals surface area (Å²) in [6, 6.07) is 0. The van der Waals surface area contributed by atoms with Crippen LogP contribution in [0.15, 0.2) is 0 Å². The molecule has 5 heavy (non-hydrogen) atoms. The predicted molar refractivity (Wildman–Crippen MR) is 15.1 cm³/mol. The van der Waals surface area contributed by atoms with Gasteiger partial charge >= 0.3 is 0 Å². The standard InChI is InChI=1S/C2H5NO.Cu/c3-1-2-4;/h2H,1,3H2;. The zero-order valence-corrected chi connectivity index (χ0v) is 3.51. The molecule has 0 heterocycles. The van der Waals surface area contributed by atoms with Crippen LogP contribution < -0.4 is 5.73 Å². The molecule has 2 nitrogen and oxygen atoms in total. The molecule has 0 fully saturated rings. The molecule has 0 atom stereocenters. The Bertz CT molecular complexity index is 23.6. The molecule has 0 aromatic heterocycles. The van der Waals surface area contributed by atoms with Gasteiger partial charge in [-0.05, 0) is 0 Å². The molecule has 0 saturated heterocycles. The van der Waals surface area contributed by atoms with E-state index < -0.39 is 0 Å². The van der Waals surface area contributed by atoms with Gasteiger partial charge in [0.2, 0.25) is 0 Å². The van der Waals surface area contributed by atoms with Crippen molar-refractivity contribution in [2.75, 3.05) is 6.54 Å². The summed E-state index contributed by atoms with van der Waals surface area (Å²) in [6.07, 6.45) is 0.653. The van der Waals surface area contributed by atoms with Crippen LogP contribution in [0.25, 0.3) is 0 Å². The van der Waals surface area contributed by atoms with Crippen LogP contribution in [-0.4, -0.2) is 12.8 Å². The smallest absolute Gasteiger partial charge is 0.133 e. The monoisotopic (exact) mass is 122 g/mol. The van der Waals surface area contributed by atoms with Gasteiger partial charge in [-0.3, -0.25) is 0 Å². The van der Waals surface area contributed by atoms with Crippen molar-refractivity contribution in [3.63, 3.8) is 0 Å². The van der Waals surface area contributed by atoms with Crippen molar-refractivity contribution in [1.29, 1.82) is 0 Å². The fourth-order valence-electron chi connectivity index (χ4n) is 0. The first-order valence-electron chi connectivity index (χ1n) is 1.05. The van der Waals surface area contributed by atoms with E-state index in [9.17, 15) is 0 Å². The van der Waals surface area contributed by atoms with Gasteiger partial charge in [-0.1, -0.05) is 0 Å². The predicted octanol–water partition coefficient (Wildman–Crippen LogP) is -0.859. The molecule has 3 heteroatoms. The molecule has 2 N–H and O–H groups in total. The second-order valence-electron chi connectivity index (χ2n) is 0.402. The van der Waals surface area contributed by atoms with Crippen LogP contribution in [0.2, 0.25) is 0 Å². The molecule has 0 amide bonds. The third kappa shape index (κ3) is 14.5. The molecule has 0 saturated carbocycles. The average Bonchev–Trinajstić information content (AvgIpc) is 1.37. The second kappa shape index (κ2) is 8.91. The largest absolute Gasteiger partial charge is 0.324 e. The fraction of sp³-hybridized carbons (Fsp3) is 0.500. The summed E-state index contributed by atoms with van der Waals surface area (Å²) in [7, 11) is 0. The number of hydrogen-bond donors (Lipinski definition) is 1. The number of hydrogen-bond acceptors (Lipinski definition) is 2. The van der Waals surface area contributed by atoms with E-state index in [-0.39, 0.29) is 23.6 Å². The topological polar surface area (TPSA) is 43.1 Å². The minimum Gasteiger partial charge on any atom is -0.324 e.